The second kappa shape index (κ2) is 3.62. The fourth-order valence-corrected chi connectivity index (χ4v) is 1.81. The smallest absolute Gasteiger partial charge is 0.142 e. The van der Waals surface area contributed by atoms with E-state index in [0.717, 1.165) is 29.3 Å². The van der Waals surface area contributed by atoms with Crippen LogP contribution in [0.3, 0.4) is 0 Å². The van der Waals surface area contributed by atoms with E-state index in [4.69, 9.17) is 11.6 Å². The van der Waals surface area contributed by atoms with E-state index in [1.54, 1.807) is 6.07 Å². The number of benzene rings is 1. The number of fused-ring (bicyclic) bond motifs is 1. The fraction of sp³-hybridized carbons (Fsp3) is 0.273. The number of aromatic amines is 1. The van der Waals surface area contributed by atoms with Crippen LogP contribution in [-0.2, 0) is 6.42 Å². The van der Waals surface area contributed by atoms with Gasteiger partial charge in [0.2, 0.25) is 0 Å². The summed E-state index contributed by atoms with van der Waals surface area (Å²) in [7, 11) is 0. The van der Waals surface area contributed by atoms with Gasteiger partial charge in [-0.05, 0) is 24.1 Å². The first-order valence-electron chi connectivity index (χ1n) is 4.67. The second-order valence-corrected chi connectivity index (χ2v) is 3.78. The molecule has 74 valence electrons. The highest BCUT2D eigenvalue weighted by Crippen LogP contribution is 2.25. The molecule has 1 nitrogen and oxygen atoms in total. The minimum absolute atomic E-state index is 0.169. The van der Waals surface area contributed by atoms with E-state index in [0.29, 0.717) is 0 Å². The number of nitrogens with one attached hydrogen (secondary N) is 1. The van der Waals surface area contributed by atoms with Crippen LogP contribution in [0.15, 0.2) is 18.3 Å². The van der Waals surface area contributed by atoms with Crippen molar-refractivity contribution in [3.63, 3.8) is 0 Å². The number of aromatic nitrogens is 1. The van der Waals surface area contributed by atoms with Crippen molar-refractivity contribution in [1.29, 1.82) is 0 Å². The van der Waals surface area contributed by atoms with Gasteiger partial charge in [0.15, 0.2) is 0 Å². The molecule has 0 saturated heterocycles. The molecule has 1 aromatic carbocycles. The molecular weight excluding hydrogens is 201 g/mol. The van der Waals surface area contributed by atoms with Crippen molar-refractivity contribution in [3.05, 3.63) is 34.7 Å². The predicted molar refractivity (Wildman–Crippen MR) is 57.3 cm³/mol. The number of rotatable bonds is 2. The van der Waals surface area contributed by atoms with E-state index in [9.17, 15) is 4.39 Å². The van der Waals surface area contributed by atoms with Crippen LogP contribution in [0.25, 0.3) is 10.9 Å². The molecule has 0 saturated carbocycles. The van der Waals surface area contributed by atoms with Crippen LogP contribution in [0.2, 0.25) is 5.02 Å². The van der Waals surface area contributed by atoms with Crippen molar-refractivity contribution in [2.75, 3.05) is 0 Å². The lowest BCUT2D eigenvalue weighted by Crippen LogP contribution is -1.81. The highest BCUT2D eigenvalue weighted by Gasteiger charge is 2.07. The van der Waals surface area contributed by atoms with E-state index in [1.165, 1.54) is 6.07 Å². The topological polar surface area (TPSA) is 15.8 Å². The summed E-state index contributed by atoms with van der Waals surface area (Å²) < 4.78 is 13.2. The van der Waals surface area contributed by atoms with E-state index >= 15 is 0 Å². The lowest BCUT2D eigenvalue weighted by molar-refractivity contribution is 0.630. The zero-order valence-corrected chi connectivity index (χ0v) is 8.66. The first kappa shape index (κ1) is 9.53. The monoisotopic (exact) mass is 211 g/mol. The normalized spacial score (nSPS) is 11.1. The maximum Gasteiger partial charge on any atom is 0.142 e. The van der Waals surface area contributed by atoms with Crippen molar-refractivity contribution in [2.45, 2.75) is 19.8 Å². The summed E-state index contributed by atoms with van der Waals surface area (Å²) in [5, 5.41) is 1.11. The lowest BCUT2D eigenvalue weighted by atomic mass is 10.1. The van der Waals surface area contributed by atoms with Gasteiger partial charge < -0.3 is 4.98 Å². The van der Waals surface area contributed by atoms with Crippen molar-refractivity contribution in [2.24, 2.45) is 0 Å². The maximum atomic E-state index is 13.2. The van der Waals surface area contributed by atoms with Crippen molar-refractivity contribution < 1.29 is 4.39 Å². The summed E-state index contributed by atoms with van der Waals surface area (Å²) in [6, 6.07) is 3.13. The summed E-state index contributed by atoms with van der Waals surface area (Å²) in [6.07, 6.45) is 3.93. The van der Waals surface area contributed by atoms with E-state index in [-0.39, 0.29) is 10.8 Å². The SMILES string of the molecule is CCCc1c[nH]c2cc(Cl)c(F)cc12. The molecule has 0 radical (unpaired) electrons. The van der Waals surface area contributed by atoms with Gasteiger partial charge in [-0.3, -0.25) is 0 Å². The zero-order chi connectivity index (χ0) is 10.1. The van der Waals surface area contributed by atoms with Crippen LogP contribution >= 0.6 is 11.6 Å². The third kappa shape index (κ3) is 1.50. The van der Waals surface area contributed by atoms with Crippen LogP contribution in [0.5, 0.6) is 0 Å². The van der Waals surface area contributed by atoms with Gasteiger partial charge in [-0.2, -0.15) is 0 Å². The largest absolute Gasteiger partial charge is 0.361 e. The number of hydrogen-bond donors (Lipinski definition) is 1. The Morgan fingerprint density at radius 1 is 1.43 bits per heavy atom. The first-order valence-corrected chi connectivity index (χ1v) is 5.05. The van der Waals surface area contributed by atoms with Crippen molar-refractivity contribution in [1.82, 2.24) is 4.98 Å². The third-order valence-corrected chi connectivity index (χ3v) is 2.62. The molecule has 2 aromatic rings. The van der Waals surface area contributed by atoms with Crippen molar-refractivity contribution >= 4 is 22.5 Å². The number of aryl methyl sites for hydroxylation is 1. The maximum absolute atomic E-state index is 13.2. The Balaban J connectivity index is 2.61. The minimum Gasteiger partial charge on any atom is -0.361 e. The van der Waals surface area contributed by atoms with E-state index in [1.807, 2.05) is 6.20 Å². The molecule has 0 fully saturated rings. The zero-order valence-electron chi connectivity index (χ0n) is 7.90. The Morgan fingerprint density at radius 3 is 2.93 bits per heavy atom. The Kier molecular flexibility index (Phi) is 2.46. The quantitative estimate of drug-likeness (QED) is 0.775. The molecule has 0 spiro atoms. The molecule has 14 heavy (non-hydrogen) atoms. The Bertz CT molecular complexity index is 462. The number of H-pyrrole nitrogens is 1. The first-order chi connectivity index (χ1) is 6.72. The molecule has 0 amide bonds. The molecule has 0 aliphatic rings. The Labute approximate surface area is 86.9 Å². The highest BCUT2D eigenvalue weighted by molar-refractivity contribution is 6.31. The van der Waals surface area contributed by atoms with Crippen LogP contribution in [0.1, 0.15) is 18.9 Å². The van der Waals surface area contributed by atoms with Crippen LogP contribution < -0.4 is 0 Å². The van der Waals surface area contributed by atoms with Gasteiger partial charge in [0.1, 0.15) is 5.82 Å². The van der Waals surface area contributed by atoms with Gasteiger partial charge in [0, 0.05) is 17.1 Å². The summed E-state index contributed by atoms with van der Waals surface area (Å²) in [5.74, 6) is -0.351. The summed E-state index contributed by atoms with van der Waals surface area (Å²) >= 11 is 5.68. The van der Waals surface area contributed by atoms with Gasteiger partial charge in [-0.15, -0.1) is 0 Å². The van der Waals surface area contributed by atoms with E-state index < -0.39 is 0 Å². The van der Waals surface area contributed by atoms with Crippen LogP contribution in [0.4, 0.5) is 4.39 Å². The summed E-state index contributed by atoms with van der Waals surface area (Å²) in [6.45, 7) is 2.10. The third-order valence-electron chi connectivity index (χ3n) is 2.33. The molecule has 0 atom stereocenters. The molecule has 1 N–H and O–H groups in total. The molecule has 2 rings (SSSR count). The van der Waals surface area contributed by atoms with Gasteiger partial charge in [-0.1, -0.05) is 24.9 Å². The molecule has 0 bridgehead atoms. The average Bonchev–Trinajstić information content (AvgIpc) is 2.51. The number of halogens is 2. The van der Waals surface area contributed by atoms with Crippen LogP contribution in [0, 0.1) is 5.82 Å². The second-order valence-electron chi connectivity index (χ2n) is 3.38. The Hall–Kier alpha value is -1.02. The molecular formula is C11H11ClFN. The molecule has 0 aliphatic carbocycles. The molecule has 1 heterocycles. The molecule has 3 heteroatoms. The minimum atomic E-state index is -0.351. The standard InChI is InChI=1S/C11H11ClFN/c1-2-3-7-6-14-11-5-9(12)10(13)4-8(7)11/h4-6,14H,2-3H2,1H3. The molecule has 0 unspecified atom stereocenters. The van der Waals surface area contributed by atoms with Gasteiger partial charge in [-0.25, -0.2) is 4.39 Å². The Morgan fingerprint density at radius 2 is 2.21 bits per heavy atom. The van der Waals surface area contributed by atoms with Crippen LogP contribution in [-0.4, -0.2) is 4.98 Å². The van der Waals surface area contributed by atoms with E-state index in [2.05, 4.69) is 11.9 Å². The molecule has 0 aliphatic heterocycles. The molecule has 1 aromatic heterocycles. The summed E-state index contributed by atoms with van der Waals surface area (Å²) in [4.78, 5) is 3.09. The van der Waals surface area contributed by atoms with Crippen molar-refractivity contribution in [3.8, 4) is 0 Å². The van der Waals surface area contributed by atoms with Gasteiger partial charge >= 0.3 is 0 Å². The lowest BCUT2D eigenvalue weighted by Gasteiger charge is -1.97. The van der Waals surface area contributed by atoms with Gasteiger partial charge in [0.25, 0.3) is 0 Å². The summed E-state index contributed by atoms with van der Waals surface area (Å²) in [5.41, 5.74) is 2.05. The average molecular weight is 212 g/mol. The highest BCUT2D eigenvalue weighted by atomic mass is 35.5. The van der Waals surface area contributed by atoms with Gasteiger partial charge in [0.05, 0.1) is 5.02 Å². The predicted octanol–water partition coefficient (Wildman–Crippen LogP) is 3.91. The number of hydrogen-bond acceptors (Lipinski definition) is 0. The fourth-order valence-electron chi connectivity index (χ4n) is 1.65.